The predicted octanol–water partition coefficient (Wildman–Crippen LogP) is 1.80. The van der Waals surface area contributed by atoms with Crippen molar-refractivity contribution in [1.29, 1.82) is 0 Å². The Morgan fingerprint density at radius 2 is 1.89 bits per heavy atom. The van der Waals surface area contributed by atoms with Crippen molar-refractivity contribution < 1.29 is 19.4 Å². The molecule has 6 nitrogen and oxygen atoms in total. The van der Waals surface area contributed by atoms with Gasteiger partial charge in [-0.25, -0.2) is 0 Å². The van der Waals surface area contributed by atoms with Crippen LogP contribution in [0, 0.1) is 11.8 Å². The quantitative estimate of drug-likeness (QED) is 0.786. The monoisotopic (exact) mass is 376 g/mol. The summed E-state index contributed by atoms with van der Waals surface area (Å²) in [6.45, 7) is 4.91. The van der Waals surface area contributed by atoms with Crippen molar-refractivity contribution in [1.82, 2.24) is 9.80 Å². The highest BCUT2D eigenvalue weighted by molar-refractivity contribution is 5.80. The van der Waals surface area contributed by atoms with Crippen LogP contribution in [-0.4, -0.2) is 74.4 Å². The van der Waals surface area contributed by atoms with Crippen LogP contribution in [0.5, 0.6) is 11.5 Å². The van der Waals surface area contributed by atoms with Crippen molar-refractivity contribution >= 4 is 5.91 Å². The number of para-hydroxylation sites is 1. The topological polar surface area (TPSA) is 62.2 Å². The number of hydrogen-bond donors (Lipinski definition) is 1. The van der Waals surface area contributed by atoms with Gasteiger partial charge in [0.05, 0.1) is 20.6 Å². The van der Waals surface area contributed by atoms with Crippen LogP contribution < -0.4 is 9.47 Å². The zero-order chi connectivity index (χ0) is 19.2. The second-order valence-corrected chi connectivity index (χ2v) is 7.79. The van der Waals surface area contributed by atoms with E-state index >= 15 is 0 Å². The second-order valence-electron chi connectivity index (χ2n) is 7.79. The van der Waals surface area contributed by atoms with Crippen molar-refractivity contribution in [3.8, 4) is 11.5 Å². The van der Waals surface area contributed by atoms with Gasteiger partial charge in [-0.05, 0) is 50.3 Å². The fraction of sp³-hybridized carbons (Fsp3) is 0.667. The van der Waals surface area contributed by atoms with Crippen molar-refractivity contribution in [3.63, 3.8) is 0 Å². The average Bonchev–Trinajstić information content (AvgIpc) is 3.20. The maximum absolute atomic E-state index is 13.0. The summed E-state index contributed by atoms with van der Waals surface area (Å²) in [5.41, 5.74) is 0.837. The van der Waals surface area contributed by atoms with E-state index in [9.17, 15) is 9.90 Å². The number of likely N-dealkylation sites (tertiary alicyclic amines) is 2. The first kappa shape index (κ1) is 20.0. The fourth-order valence-corrected chi connectivity index (χ4v) is 4.48. The van der Waals surface area contributed by atoms with Crippen LogP contribution in [0.2, 0.25) is 0 Å². The number of nitrogens with zero attached hydrogens (tertiary/aromatic N) is 2. The smallest absolute Gasteiger partial charge is 0.227 e. The Kier molecular flexibility index (Phi) is 6.96. The van der Waals surface area contributed by atoms with Crippen molar-refractivity contribution in [2.75, 3.05) is 53.6 Å². The summed E-state index contributed by atoms with van der Waals surface area (Å²) in [7, 11) is 3.20. The number of rotatable bonds is 7. The van der Waals surface area contributed by atoms with E-state index in [-0.39, 0.29) is 24.9 Å². The van der Waals surface area contributed by atoms with Gasteiger partial charge >= 0.3 is 0 Å². The lowest BCUT2D eigenvalue weighted by Crippen LogP contribution is -2.48. The van der Waals surface area contributed by atoms with Crippen LogP contribution in [0.15, 0.2) is 18.2 Å². The molecule has 0 radical (unpaired) electrons. The van der Waals surface area contributed by atoms with E-state index in [4.69, 9.17) is 9.47 Å². The number of hydrogen-bond acceptors (Lipinski definition) is 5. The SMILES string of the molecule is COc1cccc(CC(=O)N2C[C@H](CO)C[C@H](CN3CCCC3)C2)c1OC. The molecular weight excluding hydrogens is 344 g/mol. The maximum Gasteiger partial charge on any atom is 0.227 e. The minimum absolute atomic E-state index is 0.0890. The molecule has 2 saturated heterocycles. The van der Waals surface area contributed by atoms with Crippen molar-refractivity contribution in [3.05, 3.63) is 23.8 Å². The predicted molar refractivity (Wildman–Crippen MR) is 104 cm³/mol. The molecule has 150 valence electrons. The molecule has 2 fully saturated rings. The Balaban J connectivity index is 1.67. The van der Waals surface area contributed by atoms with E-state index in [2.05, 4.69) is 4.90 Å². The first-order valence-corrected chi connectivity index (χ1v) is 9.95. The van der Waals surface area contributed by atoms with Crippen molar-refractivity contribution in [2.45, 2.75) is 25.7 Å². The number of amides is 1. The Labute approximate surface area is 162 Å². The molecule has 0 saturated carbocycles. The first-order valence-electron chi connectivity index (χ1n) is 9.95. The van der Waals surface area contributed by atoms with E-state index in [1.807, 2.05) is 23.1 Å². The van der Waals surface area contributed by atoms with Gasteiger partial charge in [0.1, 0.15) is 0 Å². The lowest BCUT2D eigenvalue weighted by atomic mass is 9.89. The van der Waals surface area contributed by atoms with Gasteiger partial charge in [0.2, 0.25) is 5.91 Å². The van der Waals surface area contributed by atoms with Gasteiger partial charge in [-0.3, -0.25) is 4.79 Å². The van der Waals surface area contributed by atoms with Gasteiger partial charge in [0.25, 0.3) is 0 Å². The van der Waals surface area contributed by atoms with Gasteiger partial charge in [-0.15, -0.1) is 0 Å². The number of piperidine rings is 1. The van der Waals surface area contributed by atoms with Gasteiger partial charge < -0.3 is 24.4 Å². The molecule has 1 N–H and O–H groups in total. The van der Waals surface area contributed by atoms with E-state index in [1.54, 1.807) is 14.2 Å². The highest BCUT2D eigenvalue weighted by Crippen LogP contribution is 2.32. The molecule has 2 aliphatic rings. The summed E-state index contributed by atoms with van der Waals surface area (Å²) < 4.78 is 10.8. The van der Waals surface area contributed by atoms with Gasteiger partial charge in [-0.2, -0.15) is 0 Å². The number of carbonyl (C=O) groups excluding carboxylic acids is 1. The third kappa shape index (κ3) is 4.93. The fourth-order valence-electron chi connectivity index (χ4n) is 4.48. The van der Waals surface area contributed by atoms with Crippen LogP contribution >= 0.6 is 0 Å². The van der Waals surface area contributed by atoms with E-state index < -0.39 is 0 Å². The summed E-state index contributed by atoms with van der Waals surface area (Å²) in [5.74, 6) is 1.96. The van der Waals surface area contributed by atoms with E-state index in [0.717, 1.165) is 38.2 Å². The molecule has 0 bridgehead atoms. The standard InChI is InChI=1S/C21H32N2O4/c1-26-19-7-5-6-18(21(19)27-2)11-20(25)23-13-16(10-17(14-23)15-24)12-22-8-3-4-9-22/h5-7,16-17,24H,3-4,8-15H2,1-2H3/t16-,17-/m1/s1. The van der Waals surface area contributed by atoms with Gasteiger partial charge in [-0.1, -0.05) is 12.1 Å². The molecule has 2 aliphatic heterocycles. The molecule has 3 rings (SSSR count). The summed E-state index contributed by atoms with van der Waals surface area (Å²) in [4.78, 5) is 17.4. The normalized spacial score (nSPS) is 23.4. The van der Waals surface area contributed by atoms with E-state index in [1.165, 1.54) is 12.8 Å². The Hall–Kier alpha value is -1.79. The molecule has 2 atom stereocenters. The number of carbonyl (C=O) groups is 1. The minimum atomic E-state index is 0.0890. The Morgan fingerprint density at radius 3 is 2.56 bits per heavy atom. The van der Waals surface area contributed by atoms with Crippen LogP contribution in [-0.2, 0) is 11.2 Å². The number of benzene rings is 1. The highest BCUT2D eigenvalue weighted by Gasteiger charge is 2.31. The third-order valence-corrected chi connectivity index (χ3v) is 5.78. The highest BCUT2D eigenvalue weighted by atomic mass is 16.5. The van der Waals surface area contributed by atoms with E-state index in [0.29, 0.717) is 24.0 Å². The second kappa shape index (κ2) is 9.42. The summed E-state index contributed by atoms with van der Waals surface area (Å²) in [5, 5.41) is 9.72. The first-order chi connectivity index (χ1) is 13.1. The van der Waals surface area contributed by atoms with Crippen LogP contribution in [0.4, 0.5) is 0 Å². The minimum Gasteiger partial charge on any atom is -0.493 e. The Morgan fingerprint density at radius 1 is 1.15 bits per heavy atom. The van der Waals surface area contributed by atoms with Crippen LogP contribution in [0.3, 0.4) is 0 Å². The molecule has 0 spiro atoms. The maximum atomic E-state index is 13.0. The average molecular weight is 376 g/mol. The number of ether oxygens (including phenoxy) is 2. The molecule has 27 heavy (non-hydrogen) atoms. The molecule has 6 heteroatoms. The number of methoxy groups -OCH3 is 2. The summed E-state index contributed by atoms with van der Waals surface area (Å²) >= 11 is 0. The molecular formula is C21H32N2O4. The molecule has 0 aliphatic carbocycles. The van der Waals surface area contributed by atoms with Gasteiger partial charge in [0.15, 0.2) is 11.5 Å². The van der Waals surface area contributed by atoms with Crippen LogP contribution in [0.25, 0.3) is 0 Å². The molecule has 0 aromatic heterocycles. The number of aliphatic hydroxyl groups excluding tert-OH is 1. The molecule has 1 amide bonds. The van der Waals surface area contributed by atoms with Gasteiger partial charge in [0, 0.05) is 31.8 Å². The zero-order valence-electron chi connectivity index (χ0n) is 16.5. The third-order valence-electron chi connectivity index (χ3n) is 5.78. The number of aliphatic hydroxyl groups is 1. The molecule has 2 heterocycles. The lowest BCUT2D eigenvalue weighted by molar-refractivity contribution is -0.134. The summed E-state index contributed by atoms with van der Waals surface area (Å²) in [6.07, 6.45) is 3.83. The lowest BCUT2D eigenvalue weighted by Gasteiger charge is -2.38. The largest absolute Gasteiger partial charge is 0.493 e. The molecule has 0 unspecified atom stereocenters. The van der Waals surface area contributed by atoms with Crippen LogP contribution in [0.1, 0.15) is 24.8 Å². The van der Waals surface area contributed by atoms with Crippen molar-refractivity contribution in [2.24, 2.45) is 11.8 Å². The molecule has 1 aromatic rings. The zero-order valence-corrected chi connectivity index (χ0v) is 16.5. The Bertz CT molecular complexity index is 631. The summed E-state index contributed by atoms with van der Waals surface area (Å²) in [6, 6.07) is 5.63. The molecule has 1 aromatic carbocycles.